The maximum Gasteiger partial charge on any atom is 0.243 e. The van der Waals surface area contributed by atoms with Crippen molar-refractivity contribution in [3.63, 3.8) is 0 Å². The summed E-state index contributed by atoms with van der Waals surface area (Å²) in [6, 6.07) is 6.79. The summed E-state index contributed by atoms with van der Waals surface area (Å²) in [5, 5.41) is 8.92. The molecule has 0 N–H and O–H groups in total. The molecule has 2 rings (SSSR count). The summed E-state index contributed by atoms with van der Waals surface area (Å²) >= 11 is 0. The Balaban J connectivity index is 2.31. The van der Waals surface area contributed by atoms with E-state index < -0.39 is 10.0 Å². The number of rotatable bonds is 3. The van der Waals surface area contributed by atoms with Crippen molar-refractivity contribution in [1.29, 1.82) is 5.26 Å². The fraction of sp³-hybridized carbons (Fsp3) is 0.533. The average molecular weight is 292 g/mol. The standard InChI is InChI=1S/C15H20N2O2S/c1-3-13-5-4-8-17(11-13)20(18,19)15-7-6-14(10-16)12(2)9-15/h6-7,9,13H,3-5,8,11H2,1-2H3. The van der Waals surface area contributed by atoms with E-state index in [1.54, 1.807) is 23.4 Å². The van der Waals surface area contributed by atoms with E-state index in [9.17, 15) is 8.42 Å². The molecule has 1 saturated heterocycles. The van der Waals surface area contributed by atoms with Gasteiger partial charge in [0.05, 0.1) is 16.5 Å². The first-order valence-electron chi connectivity index (χ1n) is 7.00. The van der Waals surface area contributed by atoms with Crippen LogP contribution in [0.2, 0.25) is 0 Å². The van der Waals surface area contributed by atoms with Crippen LogP contribution in [0.1, 0.15) is 37.3 Å². The summed E-state index contributed by atoms with van der Waals surface area (Å²) in [6.45, 7) is 5.07. The van der Waals surface area contributed by atoms with E-state index in [4.69, 9.17) is 5.26 Å². The third-order valence-electron chi connectivity index (χ3n) is 4.02. The first-order valence-corrected chi connectivity index (χ1v) is 8.44. The lowest BCUT2D eigenvalue weighted by Gasteiger charge is -2.31. The molecule has 0 aliphatic carbocycles. The molecule has 1 aliphatic rings. The van der Waals surface area contributed by atoms with Gasteiger partial charge >= 0.3 is 0 Å². The Morgan fingerprint density at radius 1 is 1.45 bits per heavy atom. The second-order valence-electron chi connectivity index (χ2n) is 5.37. The van der Waals surface area contributed by atoms with Crippen LogP contribution in [-0.4, -0.2) is 25.8 Å². The van der Waals surface area contributed by atoms with Crippen molar-refractivity contribution in [3.8, 4) is 6.07 Å². The summed E-state index contributed by atoms with van der Waals surface area (Å²) in [5.41, 5.74) is 1.23. The van der Waals surface area contributed by atoms with Gasteiger partial charge in [-0.25, -0.2) is 8.42 Å². The lowest BCUT2D eigenvalue weighted by atomic mass is 9.97. The predicted octanol–water partition coefficient (Wildman–Crippen LogP) is 2.68. The van der Waals surface area contributed by atoms with Crippen molar-refractivity contribution in [2.45, 2.75) is 38.0 Å². The maximum atomic E-state index is 12.6. The van der Waals surface area contributed by atoms with Gasteiger partial charge in [-0.1, -0.05) is 13.3 Å². The Bertz CT molecular complexity index is 632. The van der Waals surface area contributed by atoms with Crippen LogP contribution < -0.4 is 0 Å². The Morgan fingerprint density at radius 3 is 2.80 bits per heavy atom. The third-order valence-corrected chi connectivity index (χ3v) is 5.88. The summed E-state index contributed by atoms with van der Waals surface area (Å²) in [7, 11) is -3.43. The summed E-state index contributed by atoms with van der Waals surface area (Å²) < 4.78 is 26.9. The highest BCUT2D eigenvalue weighted by Gasteiger charge is 2.29. The van der Waals surface area contributed by atoms with Crippen LogP contribution in [0, 0.1) is 24.2 Å². The van der Waals surface area contributed by atoms with Crippen LogP contribution in [0.3, 0.4) is 0 Å². The summed E-state index contributed by atoms with van der Waals surface area (Å²) in [5.74, 6) is 0.456. The van der Waals surface area contributed by atoms with E-state index in [2.05, 4.69) is 13.0 Å². The Morgan fingerprint density at radius 2 is 2.20 bits per heavy atom. The molecular formula is C15H20N2O2S. The number of sulfonamides is 1. The Hall–Kier alpha value is -1.38. The molecule has 1 aliphatic heterocycles. The highest BCUT2D eigenvalue weighted by Crippen LogP contribution is 2.26. The van der Waals surface area contributed by atoms with E-state index >= 15 is 0 Å². The van der Waals surface area contributed by atoms with Crippen LogP contribution in [0.4, 0.5) is 0 Å². The van der Waals surface area contributed by atoms with E-state index in [1.165, 1.54) is 6.07 Å². The average Bonchev–Trinajstić information content (AvgIpc) is 2.47. The molecule has 0 bridgehead atoms. The molecule has 1 unspecified atom stereocenters. The zero-order chi connectivity index (χ0) is 14.8. The smallest absolute Gasteiger partial charge is 0.207 e. The van der Waals surface area contributed by atoms with Gasteiger partial charge < -0.3 is 0 Å². The molecule has 5 heteroatoms. The zero-order valence-electron chi connectivity index (χ0n) is 12.0. The number of piperidine rings is 1. The van der Waals surface area contributed by atoms with Gasteiger partial charge in [-0.2, -0.15) is 9.57 Å². The molecule has 1 aromatic rings. The van der Waals surface area contributed by atoms with Crippen LogP contribution in [0.5, 0.6) is 0 Å². The minimum atomic E-state index is -3.43. The largest absolute Gasteiger partial charge is 0.243 e. The SMILES string of the molecule is CCC1CCCN(S(=O)(=O)c2ccc(C#N)c(C)c2)C1. The minimum absolute atomic E-state index is 0.297. The molecular weight excluding hydrogens is 272 g/mol. The molecule has 108 valence electrons. The van der Waals surface area contributed by atoms with Crippen LogP contribution >= 0.6 is 0 Å². The maximum absolute atomic E-state index is 12.6. The number of aryl methyl sites for hydroxylation is 1. The van der Waals surface area contributed by atoms with E-state index in [0.717, 1.165) is 19.3 Å². The Kier molecular flexibility index (Phi) is 4.46. The quantitative estimate of drug-likeness (QED) is 0.860. The first-order chi connectivity index (χ1) is 9.48. The topological polar surface area (TPSA) is 61.2 Å². The lowest BCUT2D eigenvalue weighted by molar-refractivity contribution is 0.261. The van der Waals surface area contributed by atoms with E-state index in [1.807, 2.05) is 0 Å². The van der Waals surface area contributed by atoms with Crippen LogP contribution in [0.25, 0.3) is 0 Å². The number of nitrogens with zero attached hydrogens (tertiary/aromatic N) is 2. The van der Waals surface area contributed by atoms with Crippen LogP contribution in [0.15, 0.2) is 23.1 Å². The fourth-order valence-electron chi connectivity index (χ4n) is 2.65. The van der Waals surface area contributed by atoms with Gasteiger partial charge in [0.1, 0.15) is 0 Å². The summed E-state index contributed by atoms with van der Waals surface area (Å²) in [4.78, 5) is 0.297. The monoisotopic (exact) mass is 292 g/mol. The highest BCUT2D eigenvalue weighted by atomic mass is 32.2. The van der Waals surface area contributed by atoms with Gasteiger partial charge in [0, 0.05) is 13.1 Å². The van der Waals surface area contributed by atoms with Crippen molar-refractivity contribution < 1.29 is 8.42 Å². The molecule has 4 nitrogen and oxygen atoms in total. The normalized spacial score (nSPS) is 20.6. The second kappa shape index (κ2) is 5.94. The van der Waals surface area contributed by atoms with E-state index in [-0.39, 0.29) is 0 Å². The molecule has 0 amide bonds. The highest BCUT2D eigenvalue weighted by molar-refractivity contribution is 7.89. The fourth-order valence-corrected chi connectivity index (χ4v) is 4.29. The van der Waals surface area contributed by atoms with Gasteiger partial charge in [-0.05, 0) is 49.4 Å². The zero-order valence-corrected chi connectivity index (χ0v) is 12.8. The third kappa shape index (κ3) is 2.87. The van der Waals surface area contributed by atoms with Crippen molar-refractivity contribution in [1.82, 2.24) is 4.31 Å². The number of benzene rings is 1. The minimum Gasteiger partial charge on any atom is -0.207 e. The van der Waals surface area contributed by atoms with Gasteiger partial charge in [-0.15, -0.1) is 0 Å². The van der Waals surface area contributed by atoms with Gasteiger partial charge in [-0.3, -0.25) is 0 Å². The molecule has 0 aromatic heterocycles. The van der Waals surface area contributed by atoms with Crippen molar-refractivity contribution >= 4 is 10.0 Å². The summed E-state index contributed by atoms with van der Waals surface area (Å²) in [6.07, 6.45) is 3.04. The lowest BCUT2D eigenvalue weighted by Crippen LogP contribution is -2.39. The van der Waals surface area contributed by atoms with Gasteiger partial charge in [0.2, 0.25) is 10.0 Å². The van der Waals surface area contributed by atoms with Crippen molar-refractivity contribution in [2.75, 3.05) is 13.1 Å². The number of hydrogen-bond acceptors (Lipinski definition) is 3. The number of hydrogen-bond donors (Lipinski definition) is 0. The van der Waals surface area contributed by atoms with Gasteiger partial charge in [0.15, 0.2) is 0 Å². The van der Waals surface area contributed by atoms with Crippen molar-refractivity contribution in [2.24, 2.45) is 5.92 Å². The van der Waals surface area contributed by atoms with Gasteiger partial charge in [0.25, 0.3) is 0 Å². The van der Waals surface area contributed by atoms with Crippen molar-refractivity contribution in [3.05, 3.63) is 29.3 Å². The first kappa shape index (κ1) is 15.0. The van der Waals surface area contributed by atoms with E-state index in [0.29, 0.717) is 35.0 Å². The Labute approximate surface area is 121 Å². The molecule has 0 spiro atoms. The molecule has 0 saturated carbocycles. The molecule has 0 radical (unpaired) electrons. The molecule has 20 heavy (non-hydrogen) atoms. The molecule has 1 atom stereocenters. The van der Waals surface area contributed by atoms with Crippen LogP contribution in [-0.2, 0) is 10.0 Å². The molecule has 1 heterocycles. The molecule has 1 aromatic carbocycles. The number of nitriles is 1. The predicted molar refractivity (Wildman–Crippen MR) is 77.7 cm³/mol. The molecule has 1 fully saturated rings. The second-order valence-corrected chi connectivity index (χ2v) is 7.31.